The number of aryl methyl sites for hydroxylation is 1. The molecule has 5 rings (SSSR count). The van der Waals surface area contributed by atoms with Crippen molar-refractivity contribution in [2.45, 2.75) is 83.6 Å². The quantitative estimate of drug-likeness (QED) is 0.716. The minimum Gasteiger partial charge on any atom is -0.333 e. The predicted octanol–water partition coefficient (Wildman–Crippen LogP) is 4.05. The number of carbonyl (C=O) groups is 2. The molecule has 0 aliphatic heterocycles. The van der Waals surface area contributed by atoms with Gasteiger partial charge in [0.2, 0.25) is 5.91 Å². The summed E-state index contributed by atoms with van der Waals surface area (Å²) in [5.74, 6) is 2.80. The second-order valence-electron chi connectivity index (χ2n) is 11.4. The number of aromatic nitrogens is 2. The molecular formula is C24H39N5O2. The van der Waals surface area contributed by atoms with Gasteiger partial charge < -0.3 is 15.5 Å². The first kappa shape index (κ1) is 22.2. The van der Waals surface area contributed by atoms with Crippen LogP contribution >= 0.6 is 0 Å². The van der Waals surface area contributed by atoms with E-state index in [0.717, 1.165) is 49.1 Å². The van der Waals surface area contributed by atoms with Gasteiger partial charge >= 0.3 is 6.03 Å². The molecule has 0 atom stereocenters. The number of carbonyl (C=O) groups excluding carboxylic acids is 2. The van der Waals surface area contributed by atoms with Gasteiger partial charge in [-0.15, -0.1) is 0 Å². The van der Waals surface area contributed by atoms with E-state index in [9.17, 15) is 9.59 Å². The SMILES string of the molecule is CCCN(CC(=O)Nc1cc(C(C)(C)C)nn1C)C(=O)NC12CC3CC(CC(C3)C1)C2. The molecule has 4 bridgehead atoms. The number of hydrogen-bond acceptors (Lipinski definition) is 3. The standard InChI is InChI=1S/C24H39N5O2/c1-6-7-29(15-21(30)25-20-11-19(23(2,3)4)27-28(20)5)22(31)26-24-12-16-8-17(13-24)10-18(9-16)14-24/h11,16-18H,6-10,12-15H2,1-5H3,(H,25,30)(H,26,31). The largest absolute Gasteiger partial charge is 0.333 e. The first-order valence-corrected chi connectivity index (χ1v) is 12.0. The van der Waals surface area contributed by atoms with Gasteiger partial charge in [0.1, 0.15) is 12.4 Å². The van der Waals surface area contributed by atoms with E-state index < -0.39 is 0 Å². The van der Waals surface area contributed by atoms with E-state index in [1.54, 1.807) is 9.58 Å². The van der Waals surface area contributed by atoms with Crippen LogP contribution in [0.25, 0.3) is 0 Å². The Morgan fingerprint density at radius 2 is 1.74 bits per heavy atom. The molecule has 1 aromatic heterocycles. The van der Waals surface area contributed by atoms with Crippen LogP contribution in [0.2, 0.25) is 0 Å². The molecule has 31 heavy (non-hydrogen) atoms. The van der Waals surface area contributed by atoms with Crippen LogP contribution in [0.3, 0.4) is 0 Å². The number of anilines is 1. The second kappa shape index (κ2) is 8.14. The molecule has 4 saturated carbocycles. The van der Waals surface area contributed by atoms with Crippen molar-refractivity contribution in [2.75, 3.05) is 18.4 Å². The third kappa shape index (κ3) is 4.75. The minimum atomic E-state index is -0.183. The molecule has 0 saturated heterocycles. The van der Waals surface area contributed by atoms with E-state index in [1.165, 1.54) is 19.3 Å². The van der Waals surface area contributed by atoms with Gasteiger partial charge in [0.25, 0.3) is 0 Å². The molecule has 2 N–H and O–H groups in total. The van der Waals surface area contributed by atoms with Gasteiger partial charge in [0.05, 0.1) is 5.69 Å². The summed E-state index contributed by atoms with van der Waals surface area (Å²) in [6, 6.07) is 1.83. The molecular weight excluding hydrogens is 390 g/mol. The topological polar surface area (TPSA) is 79.3 Å². The maximum absolute atomic E-state index is 13.2. The van der Waals surface area contributed by atoms with Gasteiger partial charge in [-0.05, 0) is 62.7 Å². The lowest BCUT2D eigenvalue weighted by Gasteiger charge is -2.57. The lowest BCUT2D eigenvalue weighted by Crippen LogP contribution is -2.62. The Bertz CT molecular complexity index is 802. The summed E-state index contributed by atoms with van der Waals surface area (Å²) in [6.45, 7) is 8.96. The summed E-state index contributed by atoms with van der Waals surface area (Å²) in [4.78, 5) is 27.7. The number of hydrogen-bond donors (Lipinski definition) is 2. The molecule has 4 aliphatic rings. The summed E-state index contributed by atoms with van der Waals surface area (Å²) in [7, 11) is 1.83. The molecule has 0 radical (unpaired) electrons. The molecule has 7 nitrogen and oxygen atoms in total. The fourth-order valence-corrected chi connectivity index (χ4v) is 6.40. The molecule has 4 aliphatic carbocycles. The van der Waals surface area contributed by atoms with Crippen molar-refractivity contribution in [1.29, 1.82) is 0 Å². The summed E-state index contributed by atoms with van der Waals surface area (Å²) < 4.78 is 1.69. The molecule has 0 spiro atoms. The average Bonchev–Trinajstić information content (AvgIpc) is 3.00. The predicted molar refractivity (Wildman–Crippen MR) is 122 cm³/mol. The average molecular weight is 430 g/mol. The van der Waals surface area contributed by atoms with Crippen molar-refractivity contribution in [3.05, 3.63) is 11.8 Å². The van der Waals surface area contributed by atoms with Crippen LogP contribution in [0.5, 0.6) is 0 Å². The zero-order valence-electron chi connectivity index (χ0n) is 19.8. The molecule has 4 fully saturated rings. The Morgan fingerprint density at radius 3 is 2.23 bits per heavy atom. The lowest BCUT2D eigenvalue weighted by molar-refractivity contribution is -0.116. The normalized spacial score (nSPS) is 29.1. The van der Waals surface area contributed by atoms with Crippen molar-refractivity contribution in [3.8, 4) is 0 Å². The van der Waals surface area contributed by atoms with Gasteiger partial charge in [-0.1, -0.05) is 27.7 Å². The Labute approximate surface area is 186 Å². The maximum Gasteiger partial charge on any atom is 0.318 e. The molecule has 7 heteroatoms. The maximum atomic E-state index is 13.2. The van der Waals surface area contributed by atoms with E-state index in [-0.39, 0.29) is 29.4 Å². The number of nitrogens with one attached hydrogen (secondary N) is 2. The van der Waals surface area contributed by atoms with E-state index in [2.05, 4.69) is 36.5 Å². The molecule has 0 aromatic carbocycles. The molecule has 3 amide bonds. The first-order chi connectivity index (χ1) is 14.6. The van der Waals surface area contributed by atoms with Gasteiger partial charge in [0, 0.05) is 30.6 Å². The third-order valence-corrected chi connectivity index (χ3v) is 7.44. The highest BCUT2D eigenvalue weighted by Crippen LogP contribution is 2.55. The highest BCUT2D eigenvalue weighted by Gasteiger charge is 2.51. The fourth-order valence-electron chi connectivity index (χ4n) is 6.40. The Balaban J connectivity index is 1.39. The van der Waals surface area contributed by atoms with Crippen molar-refractivity contribution < 1.29 is 9.59 Å². The monoisotopic (exact) mass is 429 g/mol. The van der Waals surface area contributed by atoms with E-state index >= 15 is 0 Å². The van der Waals surface area contributed by atoms with Gasteiger partial charge in [-0.3, -0.25) is 9.48 Å². The Hall–Kier alpha value is -2.05. The lowest BCUT2D eigenvalue weighted by atomic mass is 9.53. The van der Waals surface area contributed by atoms with Crippen LogP contribution in [0.15, 0.2) is 6.07 Å². The molecule has 1 heterocycles. The summed E-state index contributed by atoms with van der Waals surface area (Å²) in [5, 5.41) is 10.9. The van der Waals surface area contributed by atoms with E-state index in [4.69, 9.17) is 0 Å². The van der Waals surface area contributed by atoms with E-state index in [0.29, 0.717) is 12.4 Å². The van der Waals surface area contributed by atoms with Crippen LogP contribution in [-0.2, 0) is 17.3 Å². The highest BCUT2D eigenvalue weighted by atomic mass is 16.2. The number of rotatable bonds is 6. The Kier molecular flexibility index (Phi) is 5.81. The van der Waals surface area contributed by atoms with E-state index in [1.807, 2.05) is 20.0 Å². The highest BCUT2D eigenvalue weighted by molar-refractivity contribution is 5.93. The molecule has 1 aromatic rings. The molecule has 0 unspecified atom stereocenters. The van der Waals surface area contributed by atoms with Gasteiger partial charge in [0.15, 0.2) is 0 Å². The second-order valence-corrected chi connectivity index (χ2v) is 11.4. The summed E-state index contributed by atoms with van der Waals surface area (Å²) in [5.41, 5.74) is 0.792. The summed E-state index contributed by atoms with van der Waals surface area (Å²) in [6.07, 6.45) is 8.19. The van der Waals surface area contributed by atoms with Gasteiger partial charge in [-0.25, -0.2) is 4.79 Å². The molecule has 172 valence electrons. The van der Waals surface area contributed by atoms with Crippen molar-refractivity contribution in [2.24, 2.45) is 24.8 Å². The van der Waals surface area contributed by atoms with Crippen LogP contribution in [0, 0.1) is 17.8 Å². The fraction of sp³-hybridized carbons (Fsp3) is 0.792. The van der Waals surface area contributed by atoms with Crippen LogP contribution in [-0.4, -0.2) is 45.2 Å². The van der Waals surface area contributed by atoms with Crippen LogP contribution in [0.4, 0.5) is 10.6 Å². The zero-order chi connectivity index (χ0) is 22.4. The number of amides is 3. The van der Waals surface area contributed by atoms with Crippen molar-refractivity contribution in [3.63, 3.8) is 0 Å². The van der Waals surface area contributed by atoms with Crippen molar-refractivity contribution in [1.82, 2.24) is 20.0 Å². The summed E-state index contributed by atoms with van der Waals surface area (Å²) >= 11 is 0. The minimum absolute atomic E-state index is 0.0437. The first-order valence-electron chi connectivity index (χ1n) is 12.0. The number of nitrogens with zero attached hydrogens (tertiary/aromatic N) is 3. The van der Waals surface area contributed by atoms with Gasteiger partial charge in [-0.2, -0.15) is 5.10 Å². The zero-order valence-corrected chi connectivity index (χ0v) is 19.8. The number of urea groups is 1. The van der Waals surface area contributed by atoms with Crippen LogP contribution in [0.1, 0.15) is 78.3 Å². The van der Waals surface area contributed by atoms with Crippen LogP contribution < -0.4 is 10.6 Å². The third-order valence-electron chi connectivity index (χ3n) is 7.44. The smallest absolute Gasteiger partial charge is 0.318 e. The van der Waals surface area contributed by atoms with Crippen molar-refractivity contribution >= 4 is 17.8 Å². The Morgan fingerprint density at radius 1 is 1.16 bits per heavy atom.